The molecule has 4 rings (SSSR count). The molecule has 0 aliphatic carbocycles. The van der Waals surface area contributed by atoms with Gasteiger partial charge >= 0.3 is 0 Å². The molecule has 0 radical (unpaired) electrons. The zero-order valence-electron chi connectivity index (χ0n) is 14.4. The van der Waals surface area contributed by atoms with Gasteiger partial charge in [-0.3, -0.25) is 9.80 Å². The van der Waals surface area contributed by atoms with Gasteiger partial charge in [0.05, 0.1) is 6.67 Å². The third-order valence-corrected chi connectivity index (χ3v) is 5.79. The number of hydrogen-bond donors (Lipinski definition) is 1. The Hall–Kier alpha value is -1.32. The van der Waals surface area contributed by atoms with E-state index >= 15 is 0 Å². The Labute approximate surface area is 154 Å². The van der Waals surface area contributed by atoms with Crippen molar-refractivity contribution in [2.45, 2.75) is 59.8 Å². The zero-order valence-corrected chi connectivity index (χ0v) is 14.4. The van der Waals surface area contributed by atoms with Crippen LogP contribution < -0.4 is 0 Å². The molecule has 2 aromatic rings. The van der Waals surface area contributed by atoms with E-state index in [0.717, 1.165) is 5.92 Å². The van der Waals surface area contributed by atoms with Crippen LogP contribution in [0.3, 0.4) is 0 Å². The first-order chi connectivity index (χ1) is 11.3. The molecule has 1 aromatic heterocycles. The van der Waals surface area contributed by atoms with Crippen LogP contribution in [0.5, 0.6) is 0 Å². The second-order valence-corrected chi connectivity index (χ2v) is 7.42. The second kappa shape index (κ2) is 8.86. The highest BCUT2D eigenvalue weighted by molar-refractivity contribution is 5.85. The summed E-state index contributed by atoms with van der Waals surface area (Å²) in [5, 5.41) is 1.44. The maximum absolute atomic E-state index is 3.58. The number of para-hydroxylation sites is 1. The first-order valence-corrected chi connectivity index (χ1v) is 9.33. The van der Waals surface area contributed by atoms with Crippen molar-refractivity contribution < 1.29 is 0 Å². The van der Waals surface area contributed by atoms with E-state index in [2.05, 4.69) is 46.0 Å². The summed E-state index contributed by atoms with van der Waals surface area (Å²) in [6, 6.07) is 8.79. The highest BCUT2D eigenvalue weighted by Gasteiger charge is 2.25. The van der Waals surface area contributed by atoms with Gasteiger partial charge in [0, 0.05) is 16.6 Å². The van der Waals surface area contributed by atoms with Crippen LogP contribution in [0.25, 0.3) is 10.9 Å². The molecule has 2 aliphatic heterocycles. The Balaban J connectivity index is 0.00000113. The summed E-state index contributed by atoms with van der Waals surface area (Å²) in [4.78, 5) is 8.91. The minimum Gasteiger partial charge on any atom is -0.358 e. The van der Waals surface area contributed by atoms with E-state index in [1.165, 1.54) is 81.5 Å². The molecule has 25 heavy (non-hydrogen) atoms. The SMILES string of the molecule is C.C.Cc1[nH]c2ccccc2c1C1CCN(CN2CCCCC2)CC1. The highest BCUT2D eigenvalue weighted by Crippen LogP contribution is 2.35. The predicted octanol–water partition coefficient (Wildman–Crippen LogP) is 5.37. The number of hydrogen-bond acceptors (Lipinski definition) is 2. The van der Waals surface area contributed by atoms with Crippen molar-refractivity contribution in [2.75, 3.05) is 32.8 Å². The van der Waals surface area contributed by atoms with Crippen molar-refractivity contribution >= 4 is 10.9 Å². The lowest BCUT2D eigenvalue weighted by Gasteiger charge is -2.37. The lowest BCUT2D eigenvalue weighted by Crippen LogP contribution is -2.43. The number of nitrogens with zero attached hydrogens (tertiary/aromatic N) is 2. The number of aryl methyl sites for hydroxylation is 1. The first kappa shape index (κ1) is 20.0. The van der Waals surface area contributed by atoms with Gasteiger partial charge in [0.2, 0.25) is 0 Å². The fourth-order valence-electron chi connectivity index (χ4n) is 4.57. The third-order valence-electron chi connectivity index (χ3n) is 5.79. The van der Waals surface area contributed by atoms with E-state index in [4.69, 9.17) is 0 Å². The van der Waals surface area contributed by atoms with Crippen molar-refractivity contribution in [3.8, 4) is 0 Å². The van der Waals surface area contributed by atoms with Crippen LogP contribution in [0.4, 0.5) is 0 Å². The van der Waals surface area contributed by atoms with Gasteiger partial charge in [0.15, 0.2) is 0 Å². The fraction of sp³-hybridized carbons (Fsp3) is 0.636. The maximum atomic E-state index is 3.58. The third kappa shape index (κ3) is 4.27. The van der Waals surface area contributed by atoms with Crippen molar-refractivity contribution in [2.24, 2.45) is 0 Å². The summed E-state index contributed by atoms with van der Waals surface area (Å²) in [5.41, 5.74) is 4.26. The molecule has 3 nitrogen and oxygen atoms in total. The Morgan fingerprint density at radius 3 is 2.28 bits per heavy atom. The van der Waals surface area contributed by atoms with E-state index in [-0.39, 0.29) is 14.9 Å². The Morgan fingerprint density at radius 1 is 0.920 bits per heavy atom. The molecular weight excluding hydrogens is 306 g/mol. The molecule has 0 amide bonds. The number of benzene rings is 1. The van der Waals surface area contributed by atoms with Gasteiger partial charge in [-0.25, -0.2) is 0 Å². The van der Waals surface area contributed by atoms with Crippen LogP contribution in [-0.2, 0) is 0 Å². The van der Waals surface area contributed by atoms with Crippen LogP contribution >= 0.6 is 0 Å². The lowest BCUT2D eigenvalue weighted by atomic mass is 9.87. The van der Waals surface area contributed by atoms with Gasteiger partial charge in [-0.2, -0.15) is 0 Å². The Morgan fingerprint density at radius 2 is 1.56 bits per heavy atom. The second-order valence-electron chi connectivity index (χ2n) is 7.42. The Bertz CT molecular complexity index is 646. The van der Waals surface area contributed by atoms with Crippen molar-refractivity contribution in [1.29, 1.82) is 0 Å². The average molecular weight is 344 g/mol. The van der Waals surface area contributed by atoms with Gasteiger partial charge in [-0.05, 0) is 76.3 Å². The zero-order chi connectivity index (χ0) is 15.6. The van der Waals surface area contributed by atoms with Crippen LogP contribution in [0, 0.1) is 6.92 Å². The van der Waals surface area contributed by atoms with Crippen LogP contribution in [0.15, 0.2) is 24.3 Å². The van der Waals surface area contributed by atoms with E-state index in [0.29, 0.717) is 0 Å². The summed E-state index contributed by atoms with van der Waals surface area (Å²) in [6.45, 7) is 8.55. The molecule has 1 aromatic carbocycles. The molecule has 2 aliphatic rings. The maximum Gasteiger partial charge on any atom is 0.0506 e. The van der Waals surface area contributed by atoms with Gasteiger partial charge in [-0.15, -0.1) is 0 Å². The highest BCUT2D eigenvalue weighted by atomic mass is 15.3. The topological polar surface area (TPSA) is 22.3 Å². The molecule has 2 saturated heterocycles. The van der Waals surface area contributed by atoms with E-state index in [9.17, 15) is 0 Å². The predicted molar refractivity (Wildman–Crippen MR) is 110 cm³/mol. The lowest BCUT2D eigenvalue weighted by molar-refractivity contribution is 0.0927. The fourth-order valence-corrected chi connectivity index (χ4v) is 4.57. The summed E-state index contributed by atoms with van der Waals surface area (Å²) in [5.74, 6) is 0.726. The number of fused-ring (bicyclic) bond motifs is 1. The molecule has 0 saturated carbocycles. The molecule has 140 valence electrons. The molecule has 1 N–H and O–H groups in total. The first-order valence-electron chi connectivity index (χ1n) is 9.33. The summed E-state index contributed by atoms with van der Waals surface area (Å²) >= 11 is 0. The summed E-state index contributed by atoms with van der Waals surface area (Å²) < 4.78 is 0. The molecule has 0 atom stereocenters. The summed E-state index contributed by atoms with van der Waals surface area (Å²) in [7, 11) is 0. The minimum absolute atomic E-state index is 0. The number of aromatic nitrogens is 1. The minimum atomic E-state index is 0. The quantitative estimate of drug-likeness (QED) is 0.809. The molecule has 3 heteroatoms. The molecule has 0 bridgehead atoms. The molecule has 0 spiro atoms. The largest absolute Gasteiger partial charge is 0.358 e. The van der Waals surface area contributed by atoms with Gasteiger partial charge < -0.3 is 4.98 Å². The van der Waals surface area contributed by atoms with Crippen molar-refractivity contribution in [3.05, 3.63) is 35.5 Å². The normalized spacial score (nSPS) is 20.2. The van der Waals surface area contributed by atoms with Crippen molar-refractivity contribution in [3.63, 3.8) is 0 Å². The average Bonchev–Trinajstić information content (AvgIpc) is 2.92. The van der Waals surface area contributed by atoms with E-state index in [1.54, 1.807) is 5.56 Å². The molecule has 0 unspecified atom stereocenters. The summed E-state index contributed by atoms with van der Waals surface area (Å²) in [6.07, 6.45) is 6.82. The van der Waals surface area contributed by atoms with Crippen LogP contribution in [0.2, 0.25) is 0 Å². The molecule has 2 fully saturated rings. The standard InChI is InChI=1S/C20H29N3.2CH4/c1-16-20(18-7-3-4-8-19(18)21-16)17-9-13-23(14-10-17)15-22-11-5-2-6-12-22;;/h3-4,7-8,17,21H,2,5-6,9-15H2,1H3;2*1H4. The van der Waals surface area contributed by atoms with Gasteiger partial charge in [-0.1, -0.05) is 39.5 Å². The number of piperidine rings is 2. The van der Waals surface area contributed by atoms with Crippen LogP contribution in [-0.4, -0.2) is 47.6 Å². The monoisotopic (exact) mass is 343 g/mol. The van der Waals surface area contributed by atoms with Crippen LogP contribution in [0.1, 0.15) is 64.1 Å². The number of H-pyrrole nitrogens is 1. The number of aromatic amines is 1. The van der Waals surface area contributed by atoms with E-state index < -0.39 is 0 Å². The number of rotatable bonds is 3. The van der Waals surface area contributed by atoms with Gasteiger partial charge in [0.25, 0.3) is 0 Å². The smallest absolute Gasteiger partial charge is 0.0506 e. The number of likely N-dealkylation sites (tertiary alicyclic amines) is 2. The van der Waals surface area contributed by atoms with E-state index in [1.807, 2.05) is 0 Å². The van der Waals surface area contributed by atoms with Gasteiger partial charge in [0.1, 0.15) is 0 Å². The van der Waals surface area contributed by atoms with Crippen molar-refractivity contribution in [1.82, 2.24) is 14.8 Å². The molecular formula is C22H37N3. The molecule has 3 heterocycles. The number of nitrogens with one attached hydrogen (secondary N) is 1. The Kier molecular flexibility index (Phi) is 7.09.